The molecule has 2 saturated heterocycles. The Morgan fingerprint density at radius 1 is 1.29 bits per heavy atom. The van der Waals surface area contributed by atoms with Crippen LogP contribution in [0, 0.1) is 0 Å². The van der Waals surface area contributed by atoms with E-state index in [1.807, 2.05) is 12.1 Å². The summed E-state index contributed by atoms with van der Waals surface area (Å²) in [7, 11) is 0. The molecule has 2 bridgehead atoms. The molecule has 1 aromatic heterocycles. The largest absolute Gasteiger partial charge is 0.399 e. The maximum absolute atomic E-state index is 6.08. The molecule has 2 aromatic rings. The topological polar surface area (TPSA) is 53.1 Å². The minimum absolute atomic E-state index is 0.00954. The fourth-order valence-corrected chi connectivity index (χ4v) is 3.86. The van der Waals surface area contributed by atoms with Crippen LogP contribution in [0.4, 0.5) is 5.69 Å². The lowest BCUT2D eigenvalue weighted by Gasteiger charge is -2.27. The van der Waals surface area contributed by atoms with Crippen LogP contribution in [0.1, 0.15) is 51.9 Å². The molecule has 3 heterocycles. The van der Waals surface area contributed by atoms with Gasteiger partial charge in [0.2, 0.25) is 0 Å². The second-order valence-electron chi connectivity index (χ2n) is 7.48. The first kappa shape index (κ1) is 13.1. The van der Waals surface area contributed by atoms with E-state index in [1.54, 1.807) is 0 Å². The van der Waals surface area contributed by atoms with E-state index in [0.29, 0.717) is 18.2 Å². The number of hydrogen-bond acceptors (Lipinski definition) is 3. The van der Waals surface area contributed by atoms with Crippen molar-refractivity contribution in [1.29, 1.82) is 0 Å². The van der Waals surface area contributed by atoms with Crippen molar-refractivity contribution >= 4 is 16.7 Å². The van der Waals surface area contributed by atoms with Crippen molar-refractivity contribution in [2.75, 3.05) is 5.73 Å². The average Bonchev–Trinajstić information content (AvgIpc) is 3.09. The Morgan fingerprint density at radius 3 is 2.71 bits per heavy atom. The maximum Gasteiger partial charge on any atom is 0.115 e. The molecule has 0 saturated carbocycles. The van der Waals surface area contributed by atoms with Crippen molar-refractivity contribution in [1.82, 2.24) is 9.55 Å². The van der Waals surface area contributed by atoms with Gasteiger partial charge < -0.3 is 15.0 Å². The van der Waals surface area contributed by atoms with Crippen molar-refractivity contribution in [2.45, 2.75) is 63.7 Å². The standard InChI is InChI=1S/C17H23N3O/c1-17(2,3)16-19-12-8-10(18)4-6-13(12)20(16)14-9-11-5-7-15(14)21-11/h4,6,8,11,14-15H,5,7,9,18H2,1-3H3. The summed E-state index contributed by atoms with van der Waals surface area (Å²) < 4.78 is 8.50. The van der Waals surface area contributed by atoms with E-state index in [-0.39, 0.29) is 5.41 Å². The number of rotatable bonds is 1. The molecule has 2 aliphatic heterocycles. The molecule has 0 aliphatic carbocycles. The molecular weight excluding hydrogens is 262 g/mol. The van der Waals surface area contributed by atoms with Gasteiger partial charge >= 0.3 is 0 Å². The number of imidazole rings is 1. The number of fused-ring (bicyclic) bond motifs is 3. The second kappa shape index (κ2) is 4.23. The molecule has 0 amide bonds. The third kappa shape index (κ3) is 1.96. The van der Waals surface area contributed by atoms with Crippen molar-refractivity contribution in [3.8, 4) is 0 Å². The molecule has 112 valence electrons. The molecule has 3 unspecified atom stereocenters. The Hall–Kier alpha value is -1.55. The smallest absolute Gasteiger partial charge is 0.115 e. The Balaban J connectivity index is 1.92. The quantitative estimate of drug-likeness (QED) is 0.817. The monoisotopic (exact) mass is 285 g/mol. The van der Waals surface area contributed by atoms with Crippen molar-refractivity contribution in [3.05, 3.63) is 24.0 Å². The lowest BCUT2D eigenvalue weighted by molar-refractivity contribution is 0.0936. The second-order valence-corrected chi connectivity index (χ2v) is 7.48. The zero-order valence-corrected chi connectivity index (χ0v) is 13.0. The fourth-order valence-electron chi connectivity index (χ4n) is 3.86. The zero-order chi connectivity index (χ0) is 14.8. The SMILES string of the molecule is CC(C)(C)c1nc2cc(N)ccc2n1C1CC2CCC1O2. The number of aromatic nitrogens is 2. The van der Waals surface area contributed by atoms with Gasteiger partial charge in [-0.1, -0.05) is 20.8 Å². The highest BCUT2D eigenvalue weighted by molar-refractivity contribution is 5.80. The molecule has 2 aliphatic rings. The molecule has 1 aromatic carbocycles. The fraction of sp³-hybridized carbons (Fsp3) is 0.588. The Labute approximate surface area is 125 Å². The first-order chi connectivity index (χ1) is 9.93. The van der Waals surface area contributed by atoms with Crippen molar-refractivity contribution < 1.29 is 4.74 Å². The van der Waals surface area contributed by atoms with Gasteiger partial charge in [0.05, 0.1) is 29.3 Å². The van der Waals surface area contributed by atoms with Gasteiger partial charge in [0, 0.05) is 11.1 Å². The Bertz CT molecular complexity index is 698. The van der Waals surface area contributed by atoms with Gasteiger partial charge in [0.15, 0.2) is 0 Å². The van der Waals surface area contributed by atoms with Gasteiger partial charge in [-0.2, -0.15) is 0 Å². The van der Waals surface area contributed by atoms with E-state index < -0.39 is 0 Å². The van der Waals surface area contributed by atoms with Crippen molar-refractivity contribution in [2.24, 2.45) is 0 Å². The van der Waals surface area contributed by atoms with Crippen LogP contribution >= 0.6 is 0 Å². The first-order valence-electron chi connectivity index (χ1n) is 7.87. The highest BCUT2D eigenvalue weighted by atomic mass is 16.5. The summed E-state index contributed by atoms with van der Waals surface area (Å²) in [5.74, 6) is 1.14. The molecule has 2 N–H and O–H groups in total. The highest BCUT2D eigenvalue weighted by Crippen LogP contribution is 2.44. The van der Waals surface area contributed by atoms with Crippen LogP contribution in [0.5, 0.6) is 0 Å². The lowest BCUT2D eigenvalue weighted by Crippen LogP contribution is -2.27. The summed E-state index contributed by atoms with van der Waals surface area (Å²) in [4.78, 5) is 4.90. The van der Waals surface area contributed by atoms with Crippen LogP contribution in [0.2, 0.25) is 0 Å². The average molecular weight is 285 g/mol. The van der Waals surface area contributed by atoms with Crippen LogP contribution in [-0.2, 0) is 10.2 Å². The van der Waals surface area contributed by atoms with E-state index in [0.717, 1.165) is 23.4 Å². The van der Waals surface area contributed by atoms with Crippen LogP contribution in [-0.4, -0.2) is 21.8 Å². The number of nitrogens with two attached hydrogens (primary N) is 1. The van der Waals surface area contributed by atoms with Gasteiger partial charge in [0.25, 0.3) is 0 Å². The highest BCUT2D eigenvalue weighted by Gasteiger charge is 2.43. The van der Waals surface area contributed by atoms with E-state index in [2.05, 4.69) is 31.4 Å². The van der Waals surface area contributed by atoms with E-state index in [9.17, 15) is 0 Å². The molecule has 0 spiro atoms. The molecule has 4 nitrogen and oxygen atoms in total. The Kier molecular flexibility index (Phi) is 2.65. The number of ether oxygens (including phenoxy) is 1. The van der Waals surface area contributed by atoms with Gasteiger partial charge in [-0.3, -0.25) is 0 Å². The van der Waals surface area contributed by atoms with Gasteiger partial charge in [0.1, 0.15) is 5.82 Å². The van der Waals surface area contributed by atoms with E-state index >= 15 is 0 Å². The summed E-state index contributed by atoms with van der Waals surface area (Å²) in [6.07, 6.45) is 4.30. The van der Waals surface area contributed by atoms with Crippen LogP contribution < -0.4 is 5.73 Å². The number of benzene rings is 1. The predicted octanol–water partition coefficient (Wildman–Crippen LogP) is 3.41. The third-order valence-electron chi connectivity index (χ3n) is 4.79. The molecule has 4 heteroatoms. The van der Waals surface area contributed by atoms with E-state index in [1.165, 1.54) is 18.4 Å². The normalized spacial score (nSPS) is 28.6. The minimum Gasteiger partial charge on any atom is -0.399 e. The maximum atomic E-state index is 6.08. The lowest BCUT2D eigenvalue weighted by atomic mass is 9.91. The summed E-state index contributed by atoms with van der Waals surface area (Å²) in [6, 6.07) is 6.49. The summed E-state index contributed by atoms with van der Waals surface area (Å²) in [5, 5.41) is 0. The van der Waals surface area contributed by atoms with Crippen LogP contribution in [0.3, 0.4) is 0 Å². The number of anilines is 1. The molecular formula is C17H23N3O. The van der Waals surface area contributed by atoms with Crippen molar-refractivity contribution in [3.63, 3.8) is 0 Å². The summed E-state index contributed by atoms with van der Waals surface area (Å²) in [6.45, 7) is 6.67. The van der Waals surface area contributed by atoms with Gasteiger partial charge in [-0.25, -0.2) is 4.98 Å². The van der Waals surface area contributed by atoms with Gasteiger partial charge in [-0.05, 0) is 37.5 Å². The molecule has 0 radical (unpaired) electrons. The molecule has 21 heavy (non-hydrogen) atoms. The zero-order valence-electron chi connectivity index (χ0n) is 13.0. The number of nitrogens with zero attached hydrogens (tertiary/aromatic N) is 2. The first-order valence-corrected chi connectivity index (χ1v) is 7.87. The predicted molar refractivity (Wildman–Crippen MR) is 84.4 cm³/mol. The van der Waals surface area contributed by atoms with Gasteiger partial charge in [-0.15, -0.1) is 0 Å². The number of hydrogen-bond donors (Lipinski definition) is 1. The minimum atomic E-state index is 0.00954. The summed E-state index contributed by atoms with van der Waals surface area (Å²) in [5.41, 5.74) is 8.91. The molecule has 2 fully saturated rings. The van der Waals surface area contributed by atoms with E-state index in [4.69, 9.17) is 15.5 Å². The molecule has 4 rings (SSSR count). The Morgan fingerprint density at radius 2 is 2.10 bits per heavy atom. The summed E-state index contributed by atoms with van der Waals surface area (Å²) >= 11 is 0. The molecule has 3 atom stereocenters. The third-order valence-corrected chi connectivity index (χ3v) is 4.79. The number of nitrogen functional groups attached to an aromatic ring is 1. The van der Waals surface area contributed by atoms with Crippen LogP contribution in [0.25, 0.3) is 11.0 Å². The van der Waals surface area contributed by atoms with Crippen LogP contribution in [0.15, 0.2) is 18.2 Å².